The van der Waals surface area contributed by atoms with Crippen LogP contribution in [0, 0.1) is 0 Å². The molecule has 6 heteroatoms. The highest BCUT2D eigenvalue weighted by Gasteiger charge is 2.29. The Morgan fingerprint density at radius 1 is 1.21 bits per heavy atom. The predicted octanol–water partition coefficient (Wildman–Crippen LogP) is 1.51. The highest BCUT2D eigenvalue weighted by molar-refractivity contribution is 7.54. The van der Waals surface area contributed by atoms with Gasteiger partial charge in [-0.15, -0.1) is 0 Å². The summed E-state index contributed by atoms with van der Waals surface area (Å²) in [6.07, 6.45) is -0.901. The van der Waals surface area contributed by atoms with Crippen molar-refractivity contribution in [2.75, 3.05) is 6.16 Å². The van der Waals surface area contributed by atoms with Gasteiger partial charge in [0.2, 0.25) is 5.91 Å². The fourth-order valence-electron chi connectivity index (χ4n) is 0.933. The molecule has 0 atom stereocenters. The molecular formula is C8H18NO4P. The van der Waals surface area contributed by atoms with Crippen LogP contribution < -0.4 is 5.73 Å². The molecule has 0 aliphatic carbocycles. The first-order valence-electron chi connectivity index (χ1n) is 4.49. The van der Waals surface area contributed by atoms with E-state index in [0.717, 1.165) is 0 Å². The monoisotopic (exact) mass is 223 g/mol. The van der Waals surface area contributed by atoms with E-state index in [1.165, 1.54) is 0 Å². The molecule has 0 fully saturated rings. The Hall–Kier alpha value is -0.380. The number of hydrogen-bond donors (Lipinski definition) is 1. The lowest BCUT2D eigenvalue weighted by Gasteiger charge is -2.21. The molecule has 2 N–H and O–H groups in total. The number of nitrogens with two attached hydrogens (primary N) is 1. The topological polar surface area (TPSA) is 78.6 Å². The fourth-order valence-corrected chi connectivity index (χ4v) is 2.80. The molecule has 0 heterocycles. The predicted molar refractivity (Wildman–Crippen MR) is 54.1 cm³/mol. The summed E-state index contributed by atoms with van der Waals surface area (Å²) in [5.41, 5.74) is 4.96. The maximum absolute atomic E-state index is 11.9. The number of amides is 1. The van der Waals surface area contributed by atoms with E-state index in [-0.39, 0.29) is 18.4 Å². The molecule has 0 saturated carbocycles. The molecule has 0 unspecified atom stereocenters. The van der Waals surface area contributed by atoms with Crippen LogP contribution in [0.4, 0.5) is 0 Å². The highest BCUT2D eigenvalue weighted by atomic mass is 31.2. The molecule has 0 aliphatic heterocycles. The van der Waals surface area contributed by atoms with Gasteiger partial charge in [0.1, 0.15) is 6.16 Å². The molecule has 0 bridgehead atoms. The van der Waals surface area contributed by atoms with E-state index < -0.39 is 13.5 Å². The van der Waals surface area contributed by atoms with Crippen LogP contribution in [-0.2, 0) is 18.4 Å². The molecule has 0 aromatic heterocycles. The minimum absolute atomic E-state index is 0.265. The van der Waals surface area contributed by atoms with Crippen molar-refractivity contribution in [3.05, 3.63) is 0 Å². The molecule has 0 spiro atoms. The van der Waals surface area contributed by atoms with Crippen molar-refractivity contribution in [3.8, 4) is 0 Å². The van der Waals surface area contributed by atoms with Gasteiger partial charge in [-0.05, 0) is 27.7 Å². The zero-order valence-electron chi connectivity index (χ0n) is 9.02. The molecule has 0 rings (SSSR count). The van der Waals surface area contributed by atoms with Crippen LogP contribution in [0.5, 0.6) is 0 Å². The zero-order valence-corrected chi connectivity index (χ0v) is 9.91. The fraction of sp³-hybridized carbons (Fsp3) is 0.875. The molecule has 0 aromatic carbocycles. The highest BCUT2D eigenvalue weighted by Crippen LogP contribution is 2.49. The third-order valence-electron chi connectivity index (χ3n) is 1.09. The van der Waals surface area contributed by atoms with E-state index in [1.54, 1.807) is 27.7 Å². The second-order valence-electron chi connectivity index (χ2n) is 3.54. The third-order valence-corrected chi connectivity index (χ3v) is 3.28. The summed E-state index contributed by atoms with van der Waals surface area (Å²) in [7, 11) is -3.36. The van der Waals surface area contributed by atoms with Crippen LogP contribution in [-0.4, -0.2) is 24.3 Å². The average Bonchev–Trinajstić information content (AvgIpc) is 1.76. The minimum Gasteiger partial charge on any atom is -0.369 e. The molecule has 0 aliphatic rings. The van der Waals surface area contributed by atoms with Gasteiger partial charge in [-0.2, -0.15) is 0 Å². The Morgan fingerprint density at radius 3 is 1.79 bits per heavy atom. The summed E-state index contributed by atoms with van der Waals surface area (Å²) in [6.45, 7) is 6.88. The number of carbonyl (C=O) groups is 1. The van der Waals surface area contributed by atoms with Gasteiger partial charge in [-0.1, -0.05) is 0 Å². The van der Waals surface area contributed by atoms with Crippen molar-refractivity contribution in [2.45, 2.75) is 39.9 Å². The Labute approximate surface area is 84.5 Å². The first-order valence-corrected chi connectivity index (χ1v) is 6.22. The van der Waals surface area contributed by atoms with Crippen molar-refractivity contribution in [3.63, 3.8) is 0 Å². The van der Waals surface area contributed by atoms with Crippen molar-refractivity contribution in [1.82, 2.24) is 0 Å². The van der Waals surface area contributed by atoms with Gasteiger partial charge < -0.3 is 14.8 Å². The van der Waals surface area contributed by atoms with E-state index in [0.29, 0.717) is 0 Å². The summed E-state index contributed by atoms with van der Waals surface area (Å²) in [6, 6.07) is 0. The summed E-state index contributed by atoms with van der Waals surface area (Å²) >= 11 is 0. The first kappa shape index (κ1) is 13.6. The molecule has 0 radical (unpaired) electrons. The van der Waals surface area contributed by atoms with Gasteiger partial charge in [0.15, 0.2) is 0 Å². The maximum Gasteiger partial charge on any atom is 0.340 e. The van der Waals surface area contributed by atoms with Crippen LogP contribution in [0.1, 0.15) is 27.7 Å². The van der Waals surface area contributed by atoms with Crippen molar-refractivity contribution >= 4 is 13.5 Å². The minimum atomic E-state index is -3.36. The van der Waals surface area contributed by atoms with Crippen molar-refractivity contribution in [1.29, 1.82) is 0 Å². The zero-order chi connectivity index (χ0) is 11.4. The molecule has 5 nitrogen and oxygen atoms in total. The molecule has 84 valence electrons. The second kappa shape index (κ2) is 5.49. The quantitative estimate of drug-likeness (QED) is 0.692. The van der Waals surface area contributed by atoms with Gasteiger partial charge in [-0.3, -0.25) is 9.36 Å². The van der Waals surface area contributed by atoms with Crippen LogP contribution in [0.2, 0.25) is 0 Å². The summed E-state index contributed by atoms with van der Waals surface area (Å²) < 4.78 is 22.1. The smallest absolute Gasteiger partial charge is 0.340 e. The van der Waals surface area contributed by atoms with Crippen molar-refractivity contribution < 1.29 is 18.4 Å². The number of carbonyl (C=O) groups excluding carboxylic acids is 1. The third kappa shape index (κ3) is 6.13. The molecule has 1 amide bonds. The molecule has 0 aromatic rings. The van der Waals surface area contributed by atoms with E-state index >= 15 is 0 Å². The first-order chi connectivity index (χ1) is 6.25. The van der Waals surface area contributed by atoms with Crippen molar-refractivity contribution in [2.24, 2.45) is 5.73 Å². The lowest BCUT2D eigenvalue weighted by Crippen LogP contribution is -2.20. The largest absolute Gasteiger partial charge is 0.369 e. The van der Waals surface area contributed by atoms with Gasteiger partial charge in [-0.25, -0.2) is 0 Å². The number of hydrogen-bond acceptors (Lipinski definition) is 4. The number of rotatable bonds is 6. The van der Waals surface area contributed by atoms with Crippen LogP contribution in [0.3, 0.4) is 0 Å². The Bertz CT molecular complexity index is 225. The number of primary amides is 1. The lowest BCUT2D eigenvalue weighted by atomic mass is 10.5. The molecule has 14 heavy (non-hydrogen) atoms. The maximum atomic E-state index is 11.9. The van der Waals surface area contributed by atoms with Gasteiger partial charge >= 0.3 is 7.60 Å². The Kier molecular flexibility index (Phi) is 5.34. The van der Waals surface area contributed by atoms with Gasteiger partial charge in [0.25, 0.3) is 0 Å². The summed E-state index contributed by atoms with van der Waals surface area (Å²) in [5.74, 6) is -0.686. The van der Waals surface area contributed by atoms with E-state index in [1.807, 2.05) is 0 Å². The van der Waals surface area contributed by atoms with E-state index in [4.69, 9.17) is 14.8 Å². The summed E-state index contributed by atoms with van der Waals surface area (Å²) in [4.78, 5) is 10.7. The second-order valence-corrected chi connectivity index (χ2v) is 5.50. The Balaban J connectivity index is 4.49. The molecular weight excluding hydrogens is 205 g/mol. The van der Waals surface area contributed by atoms with Gasteiger partial charge in [0, 0.05) is 0 Å². The van der Waals surface area contributed by atoms with Gasteiger partial charge in [0.05, 0.1) is 12.2 Å². The average molecular weight is 223 g/mol. The SMILES string of the molecule is CC(C)OP(=O)(CC(N)=O)OC(C)C. The van der Waals surface area contributed by atoms with E-state index in [9.17, 15) is 9.36 Å². The standard InChI is InChI=1S/C8H18NO4P/c1-6(2)12-14(11,5-8(9)10)13-7(3)4/h6-7H,5H2,1-4H3,(H2,9,10). The van der Waals surface area contributed by atoms with Crippen LogP contribution in [0.15, 0.2) is 0 Å². The Morgan fingerprint density at radius 2 is 1.57 bits per heavy atom. The normalized spacial score (nSPS) is 12.4. The lowest BCUT2D eigenvalue weighted by molar-refractivity contribution is -0.115. The van der Waals surface area contributed by atoms with E-state index in [2.05, 4.69) is 0 Å². The van der Waals surface area contributed by atoms with Crippen LogP contribution >= 0.6 is 7.60 Å². The summed E-state index contributed by atoms with van der Waals surface area (Å²) in [5, 5.41) is 0. The van der Waals surface area contributed by atoms with Crippen LogP contribution in [0.25, 0.3) is 0 Å². The molecule has 0 saturated heterocycles.